The highest BCUT2D eigenvalue weighted by Crippen LogP contribution is 2.34. The standard InChI is InChI=1S/C16H24N2O3S/c1-4-6-9-17-22(20,21)14-7-8-15-13(11-14)10-12(3)18(15)16(19)5-2/h7-8,11-12,17H,4-6,9-10H2,1-3H3/t12-/m0/s1. The topological polar surface area (TPSA) is 66.5 Å². The van der Waals surface area contributed by atoms with E-state index in [1.165, 1.54) is 0 Å². The van der Waals surface area contributed by atoms with E-state index < -0.39 is 10.0 Å². The highest BCUT2D eigenvalue weighted by molar-refractivity contribution is 7.89. The molecule has 122 valence electrons. The Bertz CT molecular complexity index is 655. The molecule has 1 aliphatic rings. The average molecular weight is 324 g/mol. The van der Waals surface area contributed by atoms with Crippen LogP contribution in [0.5, 0.6) is 0 Å². The van der Waals surface area contributed by atoms with Gasteiger partial charge in [-0.05, 0) is 43.5 Å². The minimum absolute atomic E-state index is 0.0722. The summed E-state index contributed by atoms with van der Waals surface area (Å²) in [6.07, 6.45) is 2.90. The van der Waals surface area contributed by atoms with Crippen LogP contribution < -0.4 is 9.62 Å². The van der Waals surface area contributed by atoms with Crippen molar-refractivity contribution in [3.8, 4) is 0 Å². The number of anilines is 1. The van der Waals surface area contributed by atoms with Crippen LogP contribution in [0.4, 0.5) is 5.69 Å². The maximum Gasteiger partial charge on any atom is 0.240 e. The van der Waals surface area contributed by atoms with Gasteiger partial charge in [0.2, 0.25) is 15.9 Å². The number of amides is 1. The van der Waals surface area contributed by atoms with Gasteiger partial charge in [-0.15, -0.1) is 0 Å². The number of nitrogens with one attached hydrogen (secondary N) is 1. The van der Waals surface area contributed by atoms with Crippen molar-refractivity contribution >= 4 is 21.6 Å². The lowest BCUT2D eigenvalue weighted by Crippen LogP contribution is -2.35. The largest absolute Gasteiger partial charge is 0.309 e. The molecule has 1 aromatic carbocycles. The van der Waals surface area contributed by atoms with E-state index in [0.29, 0.717) is 19.4 Å². The van der Waals surface area contributed by atoms with E-state index in [9.17, 15) is 13.2 Å². The number of fused-ring (bicyclic) bond motifs is 1. The molecule has 22 heavy (non-hydrogen) atoms. The third-order valence-corrected chi connectivity index (χ3v) is 5.43. The van der Waals surface area contributed by atoms with E-state index in [0.717, 1.165) is 24.1 Å². The Labute approximate surface area is 132 Å². The number of sulfonamides is 1. The first-order chi connectivity index (χ1) is 10.4. The fourth-order valence-electron chi connectivity index (χ4n) is 2.79. The summed E-state index contributed by atoms with van der Waals surface area (Å²) >= 11 is 0. The van der Waals surface area contributed by atoms with Gasteiger partial charge in [0.05, 0.1) is 4.90 Å². The Morgan fingerprint density at radius 3 is 2.73 bits per heavy atom. The van der Waals surface area contributed by atoms with Crippen LogP contribution in [0.25, 0.3) is 0 Å². The lowest BCUT2D eigenvalue weighted by atomic mass is 10.1. The Kier molecular flexibility index (Phi) is 5.24. The van der Waals surface area contributed by atoms with E-state index in [2.05, 4.69) is 4.72 Å². The SMILES string of the molecule is CCCCNS(=O)(=O)c1ccc2c(c1)C[C@H](C)N2C(=O)CC. The molecular weight excluding hydrogens is 300 g/mol. The monoisotopic (exact) mass is 324 g/mol. The molecule has 0 saturated carbocycles. The molecule has 0 bridgehead atoms. The first-order valence-corrected chi connectivity index (χ1v) is 9.33. The molecule has 0 unspecified atom stereocenters. The molecule has 2 rings (SSSR count). The molecule has 1 aliphatic heterocycles. The molecular formula is C16H24N2O3S. The number of nitrogens with zero attached hydrogens (tertiary/aromatic N) is 1. The van der Waals surface area contributed by atoms with E-state index >= 15 is 0 Å². The second-order valence-electron chi connectivity index (χ2n) is 5.71. The van der Waals surface area contributed by atoms with Gasteiger partial charge in [-0.2, -0.15) is 0 Å². The molecule has 1 aromatic rings. The third-order valence-electron chi connectivity index (χ3n) is 3.97. The summed E-state index contributed by atoms with van der Waals surface area (Å²) < 4.78 is 27.2. The van der Waals surface area contributed by atoms with E-state index in [1.54, 1.807) is 23.1 Å². The molecule has 0 fully saturated rings. The molecule has 6 heteroatoms. The molecule has 0 spiro atoms. The van der Waals surface area contributed by atoms with Crippen LogP contribution in [0.15, 0.2) is 23.1 Å². The van der Waals surface area contributed by atoms with Crippen molar-refractivity contribution in [1.82, 2.24) is 4.72 Å². The molecule has 5 nitrogen and oxygen atoms in total. The average Bonchev–Trinajstić information content (AvgIpc) is 2.81. The molecule has 1 atom stereocenters. The molecule has 0 saturated heterocycles. The molecule has 1 amide bonds. The van der Waals surface area contributed by atoms with Crippen molar-refractivity contribution in [2.24, 2.45) is 0 Å². The van der Waals surface area contributed by atoms with Crippen LogP contribution in [-0.4, -0.2) is 26.9 Å². The molecule has 1 heterocycles. The first-order valence-electron chi connectivity index (χ1n) is 7.85. The second kappa shape index (κ2) is 6.79. The van der Waals surface area contributed by atoms with Crippen LogP contribution in [0.2, 0.25) is 0 Å². The van der Waals surface area contributed by atoms with Crippen molar-refractivity contribution in [3.63, 3.8) is 0 Å². The van der Waals surface area contributed by atoms with Gasteiger partial charge in [-0.25, -0.2) is 13.1 Å². The van der Waals surface area contributed by atoms with Crippen LogP contribution in [0.3, 0.4) is 0 Å². The molecule has 0 aliphatic carbocycles. The summed E-state index contributed by atoms with van der Waals surface area (Å²) in [5.41, 5.74) is 1.76. The Morgan fingerprint density at radius 1 is 1.36 bits per heavy atom. The number of unbranched alkanes of at least 4 members (excludes halogenated alkanes) is 1. The minimum atomic E-state index is -3.47. The highest BCUT2D eigenvalue weighted by Gasteiger charge is 2.31. The number of carbonyl (C=O) groups is 1. The van der Waals surface area contributed by atoms with Gasteiger partial charge in [-0.3, -0.25) is 4.79 Å². The predicted octanol–water partition coefficient (Wildman–Crippen LogP) is 2.45. The zero-order chi connectivity index (χ0) is 16.3. The van der Waals surface area contributed by atoms with Crippen LogP contribution in [0.1, 0.15) is 45.6 Å². The quantitative estimate of drug-likeness (QED) is 0.817. The number of hydrogen-bond donors (Lipinski definition) is 1. The van der Waals surface area contributed by atoms with Gasteiger partial charge in [0.15, 0.2) is 0 Å². The molecule has 0 radical (unpaired) electrons. The van der Waals surface area contributed by atoms with Crippen molar-refractivity contribution in [2.45, 2.75) is 57.4 Å². The summed E-state index contributed by atoms with van der Waals surface area (Å²) in [4.78, 5) is 14.1. The van der Waals surface area contributed by atoms with Crippen molar-refractivity contribution in [3.05, 3.63) is 23.8 Å². The zero-order valence-corrected chi connectivity index (χ0v) is 14.2. The second-order valence-corrected chi connectivity index (χ2v) is 7.48. The summed E-state index contributed by atoms with van der Waals surface area (Å²) in [6, 6.07) is 5.11. The van der Waals surface area contributed by atoms with Gasteiger partial charge < -0.3 is 4.90 Å². The lowest BCUT2D eigenvalue weighted by molar-refractivity contribution is -0.118. The van der Waals surface area contributed by atoms with Gasteiger partial charge >= 0.3 is 0 Å². The van der Waals surface area contributed by atoms with Crippen molar-refractivity contribution in [2.75, 3.05) is 11.4 Å². The molecule has 1 N–H and O–H groups in total. The van der Waals surface area contributed by atoms with Gasteiger partial charge in [-0.1, -0.05) is 20.3 Å². The Morgan fingerprint density at radius 2 is 2.09 bits per heavy atom. The maximum absolute atomic E-state index is 12.3. The Hall–Kier alpha value is -1.40. The van der Waals surface area contributed by atoms with Crippen LogP contribution in [-0.2, 0) is 21.2 Å². The predicted molar refractivity (Wildman–Crippen MR) is 87.5 cm³/mol. The summed E-state index contributed by atoms with van der Waals surface area (Å²) in [7, 11) is -3.47. The Balaban J connectivity index is 2.27. The highest BCUT2D eigenvalue weighted by atomic mass is 32.2. The molecule has 0 aromatic heterocycles. The first kappa shape index (κ1) is 17.0. The number of carbonyl (C=O) groups excluding carboxylic acids is 1. The minimum Gasteiger partial charge on any atom is -0.309 e. The normalized spacial score (nSPS) is 17.6. The number of benzene rings is 1. The van der Waals surface area contributed by atoms with Crippen molar-refractivity contribution < 1.29 is 13.2 Å². The third kappa shape index (κ3) is 3.33. The van der Waals surface area contributed by atoms with Crippen molar-refractivity contribution in [1.29, 1.82) is 0 Å². The zero-order valence-electron chi connectivity index (χ0n) is 13.4. The fourth-order valence-corrected chi connectivity index (χ4v) is 3.92. The van der Waals surface area contributed by atoms with Gasteiger partial charge in [0.1, 0.15) is 0 Å². The summed E-state index contributed by atoms with van der Waals surface area (Å²) in [6.45, 7) is 6.29. The van der Waals surface area contributed by atoms with E-state index in [4.69, 9.17) is 0 Å². The number of rotatable bonds is 6. The van der Waals surface area contributed by atoms with Gasteiger partial charge in [0, 0.05) is 24.7 Å². The summed E-state index contributed by atoms with van der Waals surface area (Å²) in [5.74, 6) is 0.0722. The van der Waals surface area contributed by atoms with Gasteiger partial charge in [0.25, 0.3) is 0 Å². The smallest absolute Gasteiger partial charge is 0.240 e. The van der Waals surface area contributed by atoms with E-state index in [-0.39, 0.29) is 16.8 Å². The van der Waals surface area contributed by atoms with Crippen LogP contribution in [0, 0.1) is 0 Å². The number of hydrogen-bond acceptors (Lipinski definition) is 3. The summed E-state index contributed by atoms with van der Waals surface area (Å²) in [5, 5.41) is 0. The lowest BCUT2D eigenvalue weighted by Gasteiger charge is -2.22. The van der Waals surface area contributed by atoms with Crippen LogP contribution >= 0.6 is 0 Å². The fraction of sp³-hybridized carbons (Fsp3) is 0.562. The van der Waals surface area contributed by atoms with E-state index in [1.807, 2.05) is 20.8 Å². The maximum atomic E-state index is 12.3.